The number of benzene rings is 1. The molecule has 0 spiro atoms. The maximum absolute atomic E-state index is 13.5. The Bertz CT molecular complexity index is 618. The van der Waals surface area contributed by atoms with Crippen molar-refractivity contribution >= 4 is 24.1 Å². The van der Waals surface area contributed by atoms with Gasteiger partial charge in [0.15, 0.2) is 10.9 Å². The monoisotopic (exact) mass is 354 g/mol. The molecule has 0 radical (unpaired) electrons. The van der Waals surface area contributed by atoms with E-state index in [1.807, 2.05) is 63.4 Å². The summed E-state index contributed by atoms with van der Waals surface area (Å²) < 4.78 is 25.1. The molecule has 1 N–H and O–H groups in total. The fraction of sp³-hybridized carbons (Fsp3) is 0.438. The summed E-state index contributed by atoms with van der Waals surface area (Å²) in [5.74, 6) is -0.611. The van der Waals surface area contributed by atoms with Crippen molar-refractivity contribution in [1.82, 2.24) is 4.98 Å². The number of hydrogen-bond acceptors (Lipinski definition) is 6. The highest BCUT2D eigenvalue weighted by Gasteiger charge is 2.39. The Labute approximate surface area is 141 Å². The van der Waals surface area contributed by atoms with Gasteiger partial charge in [-0.1, -0.05) is 30.3 Å². The molecule has 7 heteroatoms. The minimum atomic E-state index is -3.45. The lowest BCUT2D eigenvalue weighted by Crippen LogP contribution is -2.19. The molecule has 0 fully saturated rings. The predicted octanol–water partition coefficient (Wildman–Crippen LogP) is 5.30. The predicted molar refractivity (Wildman–Crippen MR) is 95.0 cm³/mol. The molecule has 5 nitrogen and oxygen atoms in total. The van der Waals surface area contributed by atoms with Gasteiger partial charge in [0.05, 0.1) is 12.2 Å². The van der Waals surface area contributed by atoms with Crippen LogP contribution in [0.25, 0.3) is 0 Å². The first-order valence-corrected chi connectivity index (χ1v) is 10.1. The van der Waals surface area contributed by atoms with Crippen LogP contribution in [0.15, 0.2) is 41.9 Å². The molecule has 0 aliphatic rings. The summed E-state index contributed by atoms with van der Waals surface area (Å²) in [6, 6.07) is 9.54. The third-order valence-electron chi connectivity index (χ3n) is 2.84. The molecule has 0 saturated carbocycles. The SMILES string of the molecule is CC(C)OP(=O)(OC(C)C)C(Nc1nccs1)c1ccccc1. The highest BCUT2D eigenvalue weighted by molar-refractivity contribution is 7.54. The summed E-state index contributed by atoms with van der Waals surface area (Å²) in [5, 5.41) is 5.76. The largest absolute Gasteiger partial charge is 0.357 e. The number of rotatable bonds is 8. The van der Waals surface area contributed by atoms with Crippen molar-refractivity contribution in [2.45, 2.75) is 45.7 Å². The second kappa shape index (κ2) is 8.06. The van der Waals surface area contributed by atoms with E-state index in [1.165, 1.54) is 11.3 Å². The summed E-state index contributed by atoms with van der Waals surface area (Å²) >= 11 is 1.45. The Hall–Kier alpha value is -1.20. The van der Waals surface area contributed by atoms with E-state index in [2.05, 4.69) is 10.3 Å². The molecule has 0 aliphatic carbocycles. The van der Waals surface area contributed by atoms with Crippen LogP contribution in [-0.4, -0.2) is 17.2 Å². The molecule has 0 amide bonds. The summed E-state index contributed by atoms with van der Waals surface area (Å²) in [7, 11) is -3.45. The van der Waals surface area contributed by atoms with E-state index in [1.54, 1.807) is 6.20 Å². The molecule has 1 aromatic heterocycles. The molecule has 1 unspecified atom stereocenters. The van der Waals surface area contributed by atoms with Crippen LogP contribution in [0.5, 0.6) is 0 Å². The summed E-state index contributed by atoms with van der Waals surface area (Å²) in [6.07, 6.45) is 1.26. The normalized spacial score (nSPS) is 13.5. The smallest absolute Gasteiger partial charge is 0.344 e. The van der Waals surface area contributed by atoms with Gasteiger partial charge in [-0.15, -0.1) is 11.3 Å². The zero-order chi connectivity index (χ0) is 16.9. The van der Waals surface area contributed by atoms with E-state index >= 15 is 0 Å². The van der Waals surface area contributed by atoms with Gasteiger partial charge in [-0.05, 0) is 33.3 Å². The van der Waals surface area contributed by atoms with E-state index in [0.717, 1.165) is 5.56 Å². The Balaban J connectivity index is 2.41. The van der Waals surface area contributed by atoms with Crippen molar-refractivity contribution in [3.63, 3.8) is 0 Å². The van der Waals surface area contributed by atoms with Gasteiger partial charge in [-0.3, -0.25) is 4.57 Å². The minimum absolute atomic E-state index is 0.219. The highest BCUT2D eigenvalue weighted by Crippen LogP contribution is 2.62. The maximum Gasteiger partial charge on any atom is 0.357 e. The Morgan fingerprint density at radius 2 is 1.70 bits per heavy atom. The van der Waals surface area contributed by atoms with Gasteiger partial charge in [-0.2, -0.15) is 0 Å². The summed E-state index contributed by atoms with van der Waals surface area (Å²) in [6.45, 7) is 7.40. The molecule has 126 valence electrons. The van der Waals surface area contributed by atoms with Gasteiger partial charge < -0.3 is 14.4 Å². The topological polar surface area (TPSA) is 60.5 Å². The lowest BCUT2D eigenvalue weighted by atomic mass is 10.2. The van der Waals surface area contributed by atoms with E-state index in [0.29, 0.717) is 5.13 Å². The molecule has 1 aromatic carbocycles. The van der Waals surface area contributed by atoms with Gasteiger partial charge >= 0.3 is 7.60 Å². The summed E-state index contributed by atoms with van der Waals surface area (Å²) in [5.41, 5.74) is 0.840. The van der Waals surface area contributed by atoms with Gasteiger partial charge in [-0.25, -0.2) is 4.98 Å². The van der Waals surface area contributed by atoms with Gasteiger partial charge in [0.25, 0.3) is 0 Å². The van der Waals surface area contributed by atoms with Crippen LogP contribution in [0.2, 0.25) is 0 Å². The van der Waals surface area contributed by atoms with Crippen LogP contribution in [-0.2, 0) is 13.6 Å². The first kappa shape index (κ1) is 18.1. The molecule has 1 heterocycles. The second-order valence-electron chi connectivity index (χ2n) is 5.64. The Morgan fingerprint density at radius 3 is 2.17 bits per heavy atom. The van der Waals surface area contributed by atoms with Gasteiger partial charge in [0.2, 0.25) is 0 Å². The molecular weight excluding hydrogens is 331 g/mol. The number of nitrogens with one attached hydrogen (secondary N) is 1. The summed E-state index contributed by atoms with van der Waals surface area (Å²) in [4.78, 5) is 4.23. The second-order valence-corrected chi connectivity index (χ2v) is 8.56. The first-order valence-electron chi connectivity index (χ1n) is 7.58. The Kier molecular flexibility index (Phi) is 6.36. The quantitative estimate of drug-likeness (QED) is 0.652. The van der Waals surface area contributed by atoms with Crippen LogP contribution in [0, 0.1) is 0 Å². The number of aromatic nitrogens is 1. The standard InChI is InChI=1S/C16H23N2O3PS/c1-12(2)20-22(19,21-13(3)4)15(14-8-6-5-7-9-14)18-16-17-10-11-23-16/h5-13,15H,1-4H3,(H,17,18). The van der Waals surface area contributed by atoms with Crippen LogP contribution in [0.1, 0.15) is 39.0 Å². The number of nitrogens with zero attached hydrogens (tertiary/aromatic N) is 1. The van der Waals surface area contributed by atoms with Gasteiger partial charge in [0.1, 0.15) is 0 Å². The van der Waals surface area contributed by atoms with E-state index < -0.39 is 13.4 Å². The average molecular weight is 354 g/mol. The molecule has 2 aromatic rings. The fourth-order valence-corrected chi connectivity index (χ4v) is 5.06. The molecule has 23 heavy (non-hydrogen) atoms. The third-order valence-corrected chi connectivity index (χ3v) is 6.03. The van der Waals surface area contributed by atoms with Crippen molar-refractivity contribution in [3.8, 4) is 0 Å². The zero-order valence-corrected chi connectivity index (χ0v) is 15.5. The Morgan fingerprint density at radius 1 is 1.09 bits per heavy atom. The van der Waals surface area contributed by atoms with E-state index in [4.69, 9.17) is 9.05 Å². The minimum Gasteiger partial charge on any atom is -0.344 e. The van der Waals surface area contributed by atoms with Crippen LogP contribution in [0.4, 0.5) is 5.13 Å². The van der Waals surface area contributed by atoms with Crippen LogP contribution >= 0.6 is 18.9 Å². The van der Waals surface area contributed by atoms with E-state index in [9.17, 15) is 4.57 Å². The van der Waals surface area contributed by atoms with E-state index in [-0.39, 0.29) is 12.2 Å². The molecule has 0 saturated heterocycles. The average Bonchev–Trinajstić information content (AvgIpc) is 2.96. The zero-order valence-electron chi connectivity index (χ0n) is 13.8. The molecule has 0 bridgehead atoms. The van der Waals surface area contributed by atoms with Crippen molar-refractivity contribution < 1.29 is 13.6 Å². The third kappa shape index (κ3) is 5.15. The van der Waals surface area contributed by atoms with Crippen molar-refractivity contribution in [1.29, 1.82) is 0 Å². The van der Waals surface area contributed by atoms with Gasteiger partial charge in [0, 0.05) is 11.6 Å². The molecule has 1 atom stereocenters. The van der Waals surface area contributed by atoms with Crippen molar-refractivity contribution in [2.24, 2.45) is 0 Å². The number of thiazole rings is 1. The number of anilines is 1. The van der Waals surface area contributed by atoms with Crippen LogP contribution < -0.4 is 5.32 Å². The lowest BCUT2D eigenvalue weighted by molar-refractivity contribution is 0.138. The molecular formula is C16H23N2O3PS. The lowest BCUT2D eigenvalue weighted by Gasteiger charge is -2.30. The molecule has 2 rings (SSSR count). The fourth-order valence-electron chi connectivity index (χ4n) is 2.13. The van der Waals surface area contributed by atoms with Crippen LogP contribution in [0.3, 0.4) is 0 Å². The highest BCUT2D eigenvalue weighted by atomic mass is 32.1. The maximum atomic E-state index is 13.5. The first-order chi connectivity index (χ1) is 10.9. The van der Waals surface area contributed by atoms with Crippen molar-refractivity contribution in [3.05, 3.63) is 47.5 Å². The van der Waals surface area contributed by atoms with Crippen molar-refractivity contribution in [2.75, 3.05) is 5.32 Å². The number of hydrogen-bond donors (Lipinski definition) is 1. The molecule has 0 aliphatic heterocycles.